The minimum Gasteiger partial charge on any atom is -0.360 e. The maximum atomic E-state index is 12.8. The molecular weight excluding hydrogens is 412 g/mol. The molecular formula is C19H22N4O4S2. The van der Waals surface area contributed by atoms with Crippen molar-refractivity contribution in [2.24, 2.45) is 0 Å². The van der Waals surface area contributed by atoms with Gasteiger partial charge in [0, 0.05) is 19.5 Å². The van der Waals surface area contributed by atoms with Crippen LogP contribution in [0.15, 0.2) is 33.7 Å². The summed E-state index contributed by atoms with van der Waals surface area (Å²) in [5, 5.41) is 4.61. The van der Waals surface area contributed by atoms with Crippen molar-refractivity contribution in [3.8, 4) is 0 Å². The number of thiazole rings is 1. The summed E-state index contributed by atoms with van der Waals surface area (Å²) in [7, 11) is -3.77. The monoisotopic (exact) mass is 434 g/mol. The summed E-state index contributed by atoms with van der Waals surface area (Å²) in [5.74, 6) is 0.157. The zero-order valence-electron chi connectivity index (χ0n) is 16.2. The number of carbonyl (C=O) groups is 1. The second-order valence-corrected chi connectivity index (χ2v) is 9.83. The lowest BCUT2D eigenvalue weighted by atomic mass is 10.2. The molecule has 4 rings (SSSR count). The number of hydrogen-bond acceptors (Lipinski definition) is 7. The molecule has 1 N–H and O–H groups in total. The summed E-state index contributed by atoms with van der Waals surface area (Å²) in [4.78, 5) is 19.3. The summed E-state index contributed by atoms with van der Waals surface area (Å²) in [6.07, 6.45) is 1.87. The number of sulfonamides is 1. The van der Waals surface area contributed by atoms with Crippen molar-refractivity contribution in [2.45, 2.75) is 44.0 Å². The first-order valence-corrected chi connectivity index (χ1v) is 11.7. The zero-order valence-corrected chi connectivity index (χ0v) is 17.8. The maximum Gasteiger partial charge on any atom is 0.245 e. The van der Waals surface area contributed by atoms with Crippen molar-refractivity contribution in [1.82, 2.24) is 19.8 Å². The number of rotatable bonds is 6. The van der Waals surface area contributed by atoms with E-state index in [4.69, 9.17) is 9.51 Å². The fraction of sp³-hybridized carbons (Fsp3) is 0.421. The molecule has 0 aliphatic carbocycles. The third-order valence-electron chi connectivity index (χ3n) is 5.04. The van der Waals surface area contributed by atoms with Crippen LogP contribution in [0.5, 0.6) is 0 Å². The van der Waals surface area contributed by atoms with Crippen LogP contribution in [0.2, 0.25) is 0 Å². The number of fused-ring (bicyclic) bond motifs is 1. The molecule has 1 amide bonds. The molecule has 0 radical (unpaired) electrons. The lowest BCUT2D eigenvalue weighted by molar-refractivity contribution is -0.131. The van der Waals surface area contributed by atoms with Gasteiger partial charge in [-0.05, 0) is 38.8 Å². The minimum absolute atomic E-state index is 0.0221. The Morgan fingerprint density at radius 3 is 2.86 bits per heavy atom. The van der Waals surface area contributed by atoms with Crippen molar-refractivity contribution >= 4 is 37.5 Å². The lowest BCUT2D eigenvalue weighted by Gasteiger charge is -2.23. The van der Waals surface area contributed by atoms with Crippen LogP contribution < -0.4 is 4.72 Å². The van der Waals surface area contributed by atoms with Gasteiger partial charge in [-0.15, -0.1) is 11.3 Å². The van der Waals surface area contributed by atoms with Crippen LogP contribution in [-0.2, 0) is 14.8 Å². The Morgan fingerprint density at radius 1 is 1.34 bits per heavy atom. The number of aryl methyl sites for hydroxylation is 2. The van der Waals surface area contributed by atoms with Gasteiger partial charge in [-0.2, -0.15) is 0 Å². The van der Waals surface area contributed by atoms with Crippen molar-refractivity contribution in [3.05, 3.63) is 40.7 Å². The van der Waals surface area contributed by atoms with E-state index in [0.29, 0.717) is 12.2 Å². The Hall–Kier alpha value is -2.30. The number of likely N-dealkylation sites (tertiary alicyclic amines) is 1. The second kappa shape index (κ2) is 7.85. The van der Waals surface area contributed by atoms with E-state index in [1.807, 2.05) is 29.2 Å². The fourth-order valence-electron chi connectivity index (χ4n) is 3.72. The molecule has 0 spiro atoms. The van der Waals surface area contributed by atoms with Gasteiger partial charge in [0.25, 0.3) is 0 Å². The molecule has 8 nitrogen and oxygen atoms in total. The fourth-order valence-corrected chi connectivity index (χ4v) is 6.19. The van der Waals surface area contributed by atoms with Gasteiger partial charge in [-0.3, -0.25) is 4.79 Å². The Balaban J connectivity index is 1.41. The Morgan fingerprint density at radius 2 is 2.14 bits per heavy atom. The lowest BCUT2D eigenvalue weighted by Crippen LogP contribution is -2.34. The predicted octanol–water partition coefficient (Wildman–Crippen LogP) is 2.93. The van der Waals surface area contributed by atoms with Crippen LogP contribution >= 0.6 is 11.3 Å². The highest BCUT2D eigenvalue weighted by molar-refractivity contribution is 7.89. The smallest absolute Gasteiger partial charge is 0.245 e. The van der Waals surface area contributed by atoms with Crippen molar-refractivity contribution in [3.63, 3.8) is 0 Å². The van der Waals surface area contributed by atoms with Gasteiger partial charge in [0.15, 0.2) is 5.76 Å². The standard InChI is InChI=1S/C19H22N4O4S2/c1-12-18(13(2)27-22-12)29(25,26)20-10-9-17(24)23-11-5-7-15(23)19-21-14-6-3-4-8-16(14)28-19/h3-4,6,8,15,20H,5,7,9-11H2,1-2H3/t15-/m0/s1. The minimum atomic E-state index is -3.77. The predicted molar refractivity (Wildman–Crippen MR) is 109 cm³/mol. The number of aromatic nitrogens is 2. The number of carbonyl (C=O) groups excluding carboxylic acids is 1. The summed E-state index contributed by atoms with van der Waals surface area (Å²) in [5.41, 5.74) is 1.25. The molecule has 0 bridgehead atoms. The quantitative estimate of drug-likeness (QED) is 0.639. The number of benzene rings is 1. The molecule has 0 unspecified atom stereocenters. The first-order valence-electron chi connectivity index (χ1n) is 9.44. The maximum absolute atomic E-state index is 12.8. The highest BCUT2D eigenvalue weighted by Gasteiger charge is 2.32. The van der Waals surface area contributed by atoms with Crippen LogP contribution in [0.4, 0.5) is 0 Å². The van der Waals surface area contributed by atoms with Gasteiger partial charge in [0.2, 0.25) is 15.9 Å². The van der Waals surface area contributed by atoms with E-state index in [0.717, 1.165) is 28.1 Å². The summed E-state index contributed by atoms with van der Waals surface area (Å²) >= 11 is 1.61. The third-order valence-corrected chi connectivity index (χ3v) is 7.88. The van der Waals surface area contributed by atoms with Gasteiger partial charge in [-0.1, -0.05) is 17.3 Å². The van der Waals surface area contributed by atoms with E-state index < -0.39 is 10.0 Å². The topological polar surface area (TPSA) is 105 Å². The highest BCUT2D eigenvalue weighted by atomic mass is 32.2. The Labute approximate surface area is 173 Å². The van der Waals surface area contributed by atoms with Crippen LogP contribution in [0.1, 0.15) is 41.8 Å². The molecule has 10 heteroatoms. The Kier molecular flexibility index (Phi) is 5.41. The normalized spacial score (nSPS) is 17.3. The van der Waals surface area contributed by atoms with Gasteiger partial charge in [0.05, 0.1) is 16.3 Å². The third kappa shape index (κ3) is 3.92. The summed E-state index contributed by atoms with van der Waals surface area (Å²) in [6.45, 7) is 3.81. The molecule has 1 aliphatic heterocycles. The molecule has 1 atom stereocenters. The molecule has 29 heavy (non-hydrogen) atoms. The number of nitrogens with one attached hydrogen (secondary N) is 1. The largest absolute Gasteiger partial charge is 0.360 e. The summed E-state index contributed by atoms with van der Waals surface area (Å²) < 4.78 is 33.5. The molecule has 1 fully saturated rings. The highest BCUT2D eigenvalue weighted by Crippen LogP contribution is 2.36. The molecule has 3 aromatic rings. The average molecular weight is 435 g/mol. The van der Waals surface area contributed by atoms with Crippen LogP contribution in [0.3, 0.4) is 0 Å². The summed E-state index contributed by atoms with van der Waals surface area (Å²) in [6, 6.07) is 7.89. The van der Waals surface area contributed by atoms with Crippen LogP contribution in [0, 0.1) is 13.8 Å². The van der Waals surface area contributed by atoms with E-state index in [1.165, 1.54) is 0 Å². The average Bonchev–Trinajstić information content (AvgIpc) is 3.38. The number of nitrogens with zero attached hydrogens (tertiary/aromatic N) is 3. The van der Waals surface area contributed by atoms with Gasteiger partial charge in [-0.25, -0.2) is 18.1 Å². The van der Waals surface area contributed by atoms with Crippen molar-refractivity contribution in [1.29, 1.82) is 0 Å². The number of para-hydroxylation sites is 1. The molecule has 1 saturated heterocycles. The Bertz CT molecular complexity index is 1100. The second-order valence-electron chi connectivity index (χ2n) is 7.07. The van der Waals surface area contributed by atoms with Gasteiger partial charge >= 0.3 is 0 Å². The van der Waals surface area contributed by atoms with Crippen LogP contribution in [-0.4, -0.2) is 42.5 Å². The van der Waals surface area contributed by atoms with E-state index in [-0.39, 0.29) is 35.6 Å². The molecule has 2 aromatic heterocycles. The van der Waals surface area contributed by atoms with E-state index in [9.17, 15) is 13.2 Å². The molecule has 3 heterocycles. The molecule has 154 valence electrons. The van der Waals surface area contributed by atoms with E-state index in [2.05, 4.69) is 9.88 Å². The molecule has 0 saturated carbocycles. The molecule has 1 aromatic carbocycles. The van der Waals surface area contributed by atoms with Gasteiger partial charge < -0.3 is 9.42 Å². The molecule has 1 aliphatic rings. The van der Waals surface area contributed by atoms with Crippen LogP contribution in [0.25, 0.3) is 10.2 Å². The van der Waals surface area contributed by atoms with Crippen molar-refractivity contribution < 1.29 is 17.7 Å². The first-order chi connectivity index (χ1) is 13.9. The SMILES string of the molecule is Cc1noc(C)c1S(=O)(=O)NCCC(=O)N1CCC[C@H]1c1nc2ccccc2s1. The van der Waals surface area contributed by atoms with E-state index in [1.54, 1.807) is 25.2 Å². The number of hydrogen-bond donors (Lipinski definition) is 1. The van der Waals surface area contributed by atoms with Gasteiger partial charge in [0.1, 0.15) is 15.6 Å². The van der Waals surface area contributed by atoms with E-state index >= 15 is 0 Å². The number of amides is 1. The zero-order chi connectivity index (χ0) is 20.6. The van der Waals surface area contributed by atoms with Crippen molar-refractivity contribution in [2.75, 3.05) is 13.1 Å². The first kappa shape index (κ1) is 20.0.